The summed E-state index contributed by atoms with van der Waals surface area (Å²) >= 11 is 5.89. The molecule has 1 N–H and O–H groups in total. The molecule has 2 nitrogen and oxygen atoms in total. The van der Waals surface area contributed by atoms with Gasteiger partial charge in [-0.3, -0.25) is 4.79 Å². The van der Waals surface area contributed by atoms with Crippen molar-refractivity contribution >= 4 is 17.5 Å². The molecule has 3 heteroatoms. The number of amides is 1. The molecule has 0 heterocycles. The lowest BCUT2D eigenvalue weighted by molar-refractivity contribution is -0.123. The summed E-state index contributed by atoms with van der Waals surface area (Å²) in [5, 5.41) is 3.06. The van der Waals surface area contributed by atoms with Crippen LogP contribution >= 0.6 is 11.6 Å². The molecule has 0 saturated heterocycles. The molecule has 1 aromatic rings. The van der Waals surface area contributed by atoms with E-state index in [2.05, 4.69) is 5.32 Å². The Morgan fingerprint density at radius 1 is 1.31 bits per heavy atom. The lowest BCUT2D eigenvalue weighted by Crippen LogP contribution is -2.55. The molecule has 0 radical (unpaired) electrons. The van der Waals surface area contributed by atoms with Gasteiger partial charge < -0.3 is 5.32 Å². The first-order valence-corrected chi connectivity index (χ1v) is 6.18. The van der Waals surface area contributed by atoms with Gasteiger partial charge >= 0.3 is 0 Å². The van der Waals surface area contributed by atoms with Gasteiger partial charge in [-0.1, -0.05) is 30.3 Å². The van der Waals surface area contributed by atoms with Crippen LogP contribution in [0.15, 0.2) is 30.3 Å². The van der Waals surface area contributed by atoms with E-state index in [4.69, 9.17) is 11.6 Å². The maximum Gasteiger partial charge on any atom is 0.224 e. The van der Waals surface area contributed by atoms with Crippen LogP contribution in [0.5, 0.6) is 0 Å². The van der Waals surface area contributed by atoms with Gasteiger partial charge in [0.1, 0.15) is 0 Å². The molecule has 0 bridgehead atoms. The average Bonchev–Trinajstić information content (AvgIpc) is 2.25. The van der Waals surface area contributed by atoms with E-state index in [1.165, 1.54) is 6.42 Å². The van der Waals surface area contributed by atoms with E-state index in [1.54, 1.807) is 0 Å². The molecule has 0 unspecified atom stereocenters. The number of alkyl halides is 1. The number of carbonyl (C=O) groups excluding carboxylic acids is 1. The molecule has 1 aliphatic rings. The summed E-state index contributed by atoms with van der Waals surface area (Å²) in [7, 11) is 0. The number of hydrogen-bond donors (Lipinski definition) is 1. The first-order chi connectivity index (χ1) is 7.74. The zero-order valence-electron chi connectivity index (χ0n) is 9.21. The topological polar surface area (TPSA) is 29.1 Å². The lowest BCUT2D eigenvalue weighted by atomic mass is 9.78. The normalized spacial score (nSPS) is 17.6. The Morgan fingerprint density at radius 2 is 2.00 bits per heavy atom. The van der Waals surface area contributed by atoms with E-state index in [0.717, 1.165) is 18.4 Å². The minimum atomic E-state index is -0.118. The number of halogens is 1. The molecule has 1 aliphatic carbocycles. The summed E-state index contributed by atoms with van der Waals surface area (Å²) in [6.45, 7) is 0. The van der Waals surface area contributed by atoms with E-state index in [1.807, 2.05) is 30.3 Å². The van der Waals surface area contributed by atoms with Gasteiger partial charge in [0.2, 0.25) is 5.91 Å². The third kappa shape index (κ3) is 2.56. The minimum absolute atomic E-state index is 0.0755. The van der Waals surface area contributed by atoms with Crippen LogP contribution in [0.2, 0.25) is 0 Å². The van der Waals surface area contributed by atoms with Crippen LogP contribution in [-0.2, 0) is 11.2 Å². The second kappa shape index (κ2) is 4.88. The van der Waals surface area contributed by atoms with Crippen molar-refractivity contribution in [1.82, 2.24) is 5.32 Å². The summed E-state index contributed by atoms with van der Waals surface area (Å²) in [4.78, 5) is 11.8. The Labute approximate surface area is 101 Å². The zero-order valence-corrected chi connectivity index (χ0v) is 9.96. The first kappa shape index (κ1) is 11.5. The number of benzene rings is 1. The summed E-state index contributed by atoms with van der Waals surface area (Å²) in [5.74, 6) is 0.597. The fraction of sp³-hybridized carbons (Fsp3) is 0.462. The van der Waals surface area contributed by atoms with Gasteiger partial charge in [0.15, 0.2) is 0 Å². The number of nitrogens with one attached hydrogen (secondary N) is 1. The van der Waals surface area contributed by atoms with Crippen LogP contribution in [0.25, 0.3) is 0 Å². The molecular formula is C13H16ClNO. The highest BCUT2D eigenvalue weighted by atomic mass is 35.5. The summed E-state index contributed by atoms with van der Waals surface area (Å²) in [5.41, 5.74) is 0.928. The van der Waals surface area contributed by atoms with Crippen LogP contribution in [0.4, 0.5) is 0 Å². The van der Waals surface area contributed by atoms with Crippen molar-refractivity contribution in [3.63, 3.8) is 0 Å². The summed E-state index contributed by atoms with van der Waals surface area (Å²) < 4.78 is 0. The Kier molecular flexibility index (Phi) is 3.49. The predicted octanol–water partition coefficient (Wildman–Crippen LogP) is 2.51. The highest BCUT2D eigenvalue weighted by molar-refractivity contribution is 6.18. The quantitative estimate of drug-likeness (QED) is 0.801. The molecule has 0 atom stereocenters. The SMILES string of the molecule is O=C(Cc1ccccc1)NC1(CCl)CCC1. The number of hydrogen-bond acceptors (Lipinski definition) is 1. The third-order valence-electron chi connectivity index (χ3n) is 3.18. The van der Waals surface area contributed by atoms with Crippen molar-refractivity contribution in [3.8, 4) is 0 Å². The summed E-state index contributed by atoms with van der Waals surface area (Å²) in [6.07, 6.45) is 3.63. The maximum absolute atomic E-state index is 11.8. The van der Waals surface area contributed by atoms with Gasteiger partial charge in [0.05, 0.1) is 12.0 Å². The highest BCUT2D eigenvalue weighted by Crippen LogP contribution is 2.32. The predicted molar refractivity (Wildman–Crippen MR) is 65.6 cm³/mol. The van der Waals surface area contributed by atoms with Gasteiger partial charge in [-0.2, -0.15) is 0 Å². The molecule has 0 aromatic heterocycles. The Hall–Kier alpha value is -1.02. The van der Waals surface area contributed by atoms with Crippen LogP contribution in [0, 0.1) is 0 Å². The van der Waals surface area contributed by atoms with Gasteiger partial charge in [-0.25, -0.2) is 0 Å². The largest absolute Gasteiger partial charge is 0.349 e. The molecule has 1 fully saturated rings. The van der Waals surface area contributed by atoms with Crippen molar-refractivity contribution in [2.24, 2.45) is 0 Å². The fourth-order valence-corrected chi connectivity index (χ4v) is 2.35. The van der Waals surface area contributed by atoms with E-state index in [-0.39, 0.29) is 11.4 Å². The van der Waals surface area contributed by atoms with Crippen LogP contribution in [0.1, 0.15) is 24.8 Å². The van der Waals surface area contributed by atoms with Crippen molar-refractivity contribution in [2.45, 2.75) is 31.2 Å². The average molecular weight is 238 g/mol. The minimum Gasteiger partial charge on any atom is -0.349 e. The smallest absolute Gasteiger partial charge is 0.224 e. The van der Waals surface area contributed by atoms with Crippen molar-refractivity contribution in [2.75, 3.05) is 5.88 Å². The second-order valence-corrected chi connectivity index (χ2v) is 4.75. The lowest BCUT2D eigenvalue weighted by Gasteiger charge is -2.41. The molecule has 86 valence electrons. The molecule has 1 aromatic carbocycles. The first-order valence-electron chi connectivity index (χ1n) is 5.65. The molecule has 1 amide bonds. The number of rotatable bonds is 4. The molecule has 0 aliphatic heterocycles. The van der Waals surface area contributed by atoms with E-state index < -0.39 is 0 Å². The summed E-state index contributed by atoms with van der Waals surface area (Å²) in [6, 6.07) is 9.78. The van der Waals surface area contributed by atoms with Crippen molar-refractivity contribution in [1.29, 1.82) is 0 Å². The molecule has 0 spiro atoms. The highest BCUT2D eigenvalue weighted by Gasteiger charge is 2.37. The molecule has 2 rings (SSSR count). The van der Waals surface area contributed by atoms with E-state index in [9.17, 15) is 4.79 Å². The standard InChI is InChI=1S/C13H16ClNO/c14-10-13(7-4-8-13)15-12(16)9-11-5-2-1-3-6-11/h1-3,5-6H,4,7-10H2,(H,15,16). The molecule has 16 heavy (non-hydrogen) atoms. The third-order valence-corrected chi connectivity index (χ3v) is 3.69. The Morgan fingerprint density at radius 3 is 2.50 bits per heavy atom. The molecule has 1 saturated carbocycles. The van der Waals surface area contributed by atoms with Gasteiger partial charge in [-0.05, 0) is 24.8 Å². The second-order valence-electron chi connectivity index (χ2n) is 4.48. The van der Waals surface area contributed by atoms with Crippen molar-refractivity contribution in [3.05, 3.63) is 35.9 Å². The Balaban J connectivity index is 1.89. The van der Waals surface area contributed by atoms with Gasteiger partial charge in [-0.15, -0.1) is 11.6 Å². The van der Waals surface area contributed by atoms with Crippen LogP contribution < -0.4 is 5.32 Å². The van der Waals surface area contributed by atoms with Gasteiger partial charge in [0, 0.05) is 5.88 Å². The van der Waals surface area contributed by atoms with E-state index in [0.29, 0.717) is 12.3 Å². The van der Waals surface area contributed by atoms with E-state index >= 15 is 0 Å². The van der Waals surface area contributed by atoms with Crippen LogP contribution in [0.3, 0.4) is 0 Å². The van der Waals surface area contributed by atoms with Gasteiger partial charge in [0.25, 0.3) is 0 Å². The monoisotopic (exact) mass is 237 g/mol. The number of carbonyl (C=O) groups is 1. The Bertz CT molecular complexity index is 354. The van der Waals surface area contributed by atoms with Crippen LogP contribution in [-0.4, -0.2) is 17.3 Å². The zero-order chi connectivity index (χ0) is 11.4. The maximum atomic E-state index is 11.8. The fourth-order valence-electron chi connectivity index (χ4n) is 2.02. The van der Waals surface area contributed by atoms with Crippen molar-refractivity contribution < 1.29 is 4.79 Å². The molecular weight excluding hydrogens is 222 g/mol.